The molecule has 0 unspecified atom stereocenters. The molecule has 1 aliphatic rings. The molecule has 146 valence electrons. The average Bonchev–Trinajstić information content (AvgIpc) is 2.61. The summed E-state index contributed by atoms with van der Waals surface area (Å²) in [6.07, 6.45) is 0. The second-order valence-electron chi connectivity index (χ2n) is 5.96. The van der Waals surface area contributed by atoms with Gasteiger partial charge in [0.15, 0.2) is 0 Å². The van der Waals surface area contributed by atoms with Crippen LogP contribution in [-0.2, 0) is 19.1 Å². The lowest BCUT2D eigenvalue weighted by Gasteiger charge is -2.30. The second-order valence-corrected chi connectivity index (χ2v) is 5.96. The minimum atomic E-state index is -0.949. The van der Waals surface area contributed by atoms with Gasteiger partial charge in [0, 0.05) is 23.0 Å². The van der Waals surface area contributed by atoms with Crippen LogP contribution >= 0.6 is 0 Å². The number of carbonyl (C=O) groups is 2. The van der Waals surface area contributed by atoms with Crippen LogP contribution in [0.4, 0.5) is 4.39 Å². The molecular formula is C20H24FNO5. The number of hydrogen-bond donors (Lipinski definition) is 1. The Kier molecular flexibility index (Phi) is 6.60. The summed E-state index contributed by atoms with van der Waals surface area (Å²) in [5.41, 5.74) is 1.52. The molecule has 0 saturated carbocycles. The zero-order valence-corrected chi connectivity index (χ0v) is 16.1. The van der Waals surface area contributed by atoms with Crippen LogP contribution in [0.3, 0.4) is 0 Å². The molecular weight excluding hydrogens is 353 g/mol. The molecule has 1 heterocycles. The van der Waals surface area contributed by atoms with Crippen molar-refractivity contribution < 1.29 is 28.2 Å². The lowest BCUT2D eigenvalue weighted by molar-refractivity contribution is -0.139. The van der Waals surface area contributed by atoms with Gasteiger partial charge in [-0.1, -0.05) is 6.07 Å². The predicted octanol–water partition coefficient (Wildman–Crippen LogP) is 3.20. The quantitative estimate of drug-likeness (QED) is 0.768. The van der Waals surface area contributed by atoms with E-state index in [1.807, 2.05) is 0 Å². The molecule has 0 aromatic heterocycles. The standard InChI is InChI=1S/C20H24FNO5/c1-6-26-19(23)16-11(3)22-12(4)17(20(24)27-7-2)18(16)14-9-8-13(25-5)10-15(14)21/h8-10,18,22H,6-7H2,1-5H3. The maximum Gasteiger partial charge on any atom is 0.336 e. The third kappa shape index (κ3) is 4.13. The molecule has 0 atom stereocenters. The fraction of sp³-hybridized carbons (Fsp3) is 0.400. The Morgan fingerprint density at radius 2 is 1.56 bits per heavy atom. The first-order valence-corrected chi connectivity index (χ1v) is 8.71. The van der Waals surface area contributed by atoms with Crippen LogP contribution in [0.2, 0.25) is 0 Å². The number of carbonyl (C=O) groups excluding carboxylic acids is 2. The number of allylic oxidation sites excluding steroid dienone is 2. The number of rotatable bonds is 6. The number of halogens is 1. The summed E-state index contributed by atoms with van der Waals surface area (Å²) in [6, 6.07) is 4.30. The SMILES string of the molecule is CCOC(=O)C1=C(C)NC(C)=C(C(=O)OCC)C1c1ccc(OC)cc1F. The van der Waals surface area contributed by atoms with Crippen LogP contribution < -0.4 is 10.1 Å². The largest absolute Gasteiger partial charge is 0.497 e. The molecule has 1 aromatic carbocycles. The van der Waals surface area contributed by atoms with E-state index in [0.29, 0.717) is 17.1 Å². The Bertz CT molecular complexity index is 773. The summed E-state index contributed by atoms with van der Waals surface area (Å²) < 4.78 is 30.2. The monoisotopic (exact) mass is 377 g/mol. The topological polar surface area (TPSA) is 73.9 Å². The summed E-state index contributed by atoms with van der Waals surface area (Å²) >= 11 is 0. The van der Waals surface area contributed by atoms with Gasteiger partial charge in [-0.2, -0.15) is 0 Å². The van der Waals surface area contributed by atoms with Gasteiger partial charge >= 0.3 is 11.9 Å². The van der Waals surface area contributed by atoms with E-state index in [1.54, 1.807) is 33.8 Å². The summed E-state index contributed by atoms with van der Waals surface area (Å²) in [4.78, 5) is 25.2. The summed E-state index contributed by atoms with van der Waals surface area (Å²) in [5, 5.41) is 3.01. The van der Waals surface area contributed by atoms with Crippen LogP contribution in [0.15, 0.2) is 40.7 Å². The minimum Gasteiger partial charge on any atom is -0.497 e. The third-order valence-electron chi connectivity index (χ3n) is 4.27. The van der Waals surface area contributed by atoms with Crippen LogP contribution in [0.25, 0.3) is 0 Å². The number of dihydropyridines is 1. The normalized spacial score (nSPS) is 14.7. The van der Waals surface area contributed by atoms with E-state index in [1.165, 1.54) is 19.2 Å². The highest BCUT2D eigenvalue weighted by Crippen LogP contribution is 2.40. The van der Waals surface area contributed by atoms with Gasteiger partial charge in [-0.05, 0) is 33.8 Å². The molecule has 0 saturated heterocycles. The van der Waals surface area contributed by atoms with E-state index >= 15 is 0 Å². The molecule has 1 aliphatic heterocycles. The maximum absolute atomic E-state index is 14.9. The highest BCUT2D eigenvalue weighted by atomic mass is 19.1. The van der Waals surface area contributed by atoms with Gasteiger partial charge in [0.05, 0.1) is 37.4 Å². The molecule has 7 heteroatoms. The first kappa shape index (κ1) is 20.5. The molecule has 0 spiro atoms. The van der Waals surface area contributed by atoms with Gasteiger partial charge < -0.3 is 19.5 Å². The van der Waals surface area contributed by atoms with Crippen LogP contribution in [0.1, 0.15) is 39.2 Å². The number of hydrogen-bond acceptors (Lipinski definition) is 6. The zero-order valence-electron chi connectivity index (χ0n) is 16.1. The molecule has 1 N–H and O–H groups in total. The van der Waals surface area contributed by atoms with E-state index in [9.17, 15) is 14.0 Å². The molecule has 1 aromatic rings. The first-order valence-electron chi connectivity index (χ1n) is 8.71. The van der Waals surface area contributed by atoms with Crippen molar-refractivity contribution >= 4 is 11.9 Å². The molecule has 0 radical (unpaired) electrons. The highest BCUT2D eigenvalue weighted by molar-refractivity contribution is 5.99. The van der Waals surface area contributed by atoms with Gasteiger partial charge in [0.1, 0.15) is 11.6 Å². The lowest BCUT2D eigenvalue weighted by Crippen LogP contribution is -2.33. The Morgan fingerprint density at radius 1 is 1.04 bits per heavy atom. The van der Waals surface area contributed by atoms with Crippen molar-refractivity contribution in [1.82, 2.24) is 5.32 Å². The number of esters is 2. The maximum atomic E-state index is 14.9. The van der Waals surface area contributed by atoms with Crippen LogP contribution in [0.5, 0.6) is 5.75 Å². The molecule has 0 bridgehead atoms. The van der Waals surface area contributed by atoms with E-state index < -0.39 is 23.7 Å². The molecule has 2 rings (SSSR count). The number of ether oxygens (including phenoxy) is 3. The zero-order chi connectivity index (χ0) is 20.1. The van der Waals surface area contributed by atoms with Crippen molar-refractivity contribution in [3.8, 4) is 5.75 Å². The fourth-order valence-electron chi connectivity index (χ4n) is 3.13. The van der Waals surface area contributed by atoms with Crippen molar-refractivity contribution in [3.63, 3.8) is 0 Å². The Hall–Kier alpha value is -2.83. The molecule has 0 amide bonds. The number of nitrogens with one attached hydrogen (secondary N) is 1. The summed E-state index contributed by atoms with van der Waals surface area (Å²) in [5.74, 6) is -2.43. The van der Waals surface area contributed by atoms with Crippen LogP contribution in [0, 0.1) is 5.82 Å². The Morgan fingerprint density at radius 3 is 1.96 bits per heavy atom. The number of methoxy groups -OCH3 is 1. The smallest absolute Gasteiger partial charge is 0.336 e. The first-order chi connectivity index (χ1) is 12.8. The van der Waals surface area contributed by atoms with E-state index in [2.05, 4.69) is 5.32 Å². The number of benzene rings is 1. The van der Waals surface area contributed by atoms with Gasteiger partial charge in [-0.3, -0.25) is 0 Å². The second kappa shape index (κ2) is 8.70. The Labute approximate surface area is 158 Å². The Balaban J connectivity index is 2.68. The van der Waals surface area contributed by atoms with E-state index in [-0.39, 0.29) is 29.9 Å². The third-order valence-corrected chi connectivity index (χ3v) is 4.27. The molecule has 0 fully saturated rings. The van der Waals surface area contributed by atoms with Crippen LogP contribution in [-0.4, -0.2) is 32.3 Å². The minimum absolute atomic E-state index is 0.158. The van der Waals surface area contributed by atoms with Crippen molar-refractivity contribution in [2.75, 3.05) is 20.3 Å². The van der Waals surface area contributed by atoms with Gasteiger partial charge in [0.25, 0.3) is 0 Å². The average molecular weight is 377 g/mol. The van der Waals surface area contributed by atoms with Crippen molar-refractivity contribution in [1.29, 1.82) is 0 Å². The van der Waals surface area contributed by atoms with E-state index in [4.69, 9.17) is 14.2 Å². The van der Waals surface area contributed by atoms with Gasteiger partial charge in [-0.25, -0.2) is 14.0 Å². The molecule has 6 nitrogen and oxygen atoms in total. The molecule has 0 aliphatic carbocycles. The fourth-order valence-corrected chi connectivity index (χ4v) is 3.13. The van der Waals surface area contributed by atoms with E-state index in [0.717, 1.165) is 0 Å². The van der Waals surface area contributed by atoms with Crippen molar-refractivity contribution in [2.24, 2.45) is 0 Å². The predicted molar refractivity (Wildman–Crippen MR) is 97.5 cm³/mol. The molecule has 27 heavy (non-hydrogen) atoms. The summed E-state index contributed by atoms with van der Waals surface area (Å²) in [7, 11) is 1.43. The van der Waals surface area contributed by atoms with Crippen molar-refractivity contribution in [3.05, 3.63) is 52.1 Å². The summed E-state index contributed by atoms with van der Waals surface area (Å²) in [6.45, 7) is 7.05. The van der Waals surface area contributed by atoms with Gasteiger partial charge in [0.2, 0.25) is 0 Å². The van der Waals surface area contributed by atoms with Gasteiger partial charge in [-0.15, -0.1) is 0 Å². The highest BCUT2D eigenvalue weighted by Gasteiger charge is 2.39. The van der Waals surface area contributed by atoms with Crippen molar-refractivity contribution in [2.45, 2.75) is 33.6 Å². The lowest BCUT2D eigenvalue weighted by atomic mass is 9.80.